The molecular weight excluding hydrogens is 286 g/mol. The number of amides is 2. The van der Waals surface area contributed by atoms with Crippen molar-refractivity contribution in [1.82, 2.24) is 25.4 Å². The third-order valence-corrected chi connectivity index (χ3v) is 5.17. The largest absolute Gasteiger partial charge is 0.334 e. The molecule has 1 heterocycles. The number of hydrogen-bond acceptors (Lipinski definition) is 4. The molecule has 2 rings (SSSR count). The van der Waals surface area contributed by atoms with Gasteiger partial charge in [0.2, 0.25) is 0 Å². The van der Waals surface area contributed by atoms with Gasteiger partial charge in [-0.15, -0.1) is 10.2 Å². The molecule has 0 radical (unpaired) electrons. The second kappa shape index (κ2) is 8.26. The predicted molar refractivity (Wildman–Crippen MR) is 85.2 cm³/mol. The number of nitrogens with one attached hydrogen (secondary N) is 2. The molecule has 6 nitrogen and oxygen atoms in total. The Morgan fingerprint density at radius 3 is 3.00 bits per heavy atom. The summed E-state index contributed by atoms with van der Waals surface area (Å²) < 4.78 is 1.93. The highest BCUT2D eigenvalue weighted by molar-refractivity contribution is 7.99. The summed E-state index contributed by atoms with van der Waals surface area (Å²) >= 11 is 1.96. The van der Waals surface area contributed by atoms with Crippen LogP contribution in [-0.2, 0) is 13.1 Å². The van der Waals surface area contributed by atoms with E-state index < -0.39 is 0 Å². The molecule has 0 saturated heterocycles. The zero-order valence-corrected chi connectivity index (χ0v) is 13.7. The molecule has 0 aromatic carbocycles. The number of rotatable bonds is 6. The van der Waals surface area contributed by atoms with Gasteiger partial charge in [-0.25, -0.2) is 4.79 Å². The minimum absolute atomic E-state index is 0.103. The number of hydrogen-bond donors (Lipinski definition) is 2. The monoisotopic (exact) mass is 311 g/mol. The maximum atomic E-state index is 12.1. The van der Waals surface area contributed by atoms with Gasteiger partial charge in [-0.1, -0.05) is 19.8 Å². The Morgan fingerprint density at radius 2 is 2.24 bits per heavy atom. The Bertz CT molecular complexity index is 448. The van der Waals surface area contributed by atoms with Crippen LogP contribution in [0.5, 0.6) is 0 Å². The SMILES string of the molecule is CCS[C@@H]1CCCC[C@H]1NC(=O)NCc1nncn1CC. The second-order valence-electron chi connectivity index (χ2n) is 5.24. The maximum absolute atomic E-state index is 12.1. The van der Waals surface area contributed by atoms with Gasteiger partial charge in [0.25, 0.3) is 0 Å². The van der Waals surface area contributed by atoms with Crippen molar-refractivity contribution in [1.29, 1.82) is 0 Å². The van der Waals surface area contributed by atoms with Crippen LogP contribution in [0.2, 0.25) is 0 Å². The molecule has 0 bridgehead atoms. The van der Waals surface area contributed by atoms with Gasteiger partial charge in [-0.2, -0.15) is 11.8 Å². The van der Waals surface area contributed by atoms with Crippen molar-refractivity contribution in [3.8, 4) is 0 Å². The average molecular weight is 311 g/mol. The van der Waals surface area contributed by atoms with E-state index in [-0.39, 0.29) is 12.1 Å². The molecule has 2 atom stereocenters. The molecule has 1 aromatic heterocycles. The number of nitrogens with zero attached hydrogens (tertiary/aromatic N) is 3. The van der Waals surface area contributed by atoms with Crippen LogP contribution in [0.1, 0.15) is 45.4 Å². The lowest BCUT2D eigenvalue weighted by Gasteiger charge is -2.31. The number of thioether (sulfide) groups is 1. The zero-order valence-electron chi connectivity index (χ0n) is 12.8. The fourth-order valence-electron chi connectivity index (χ4n) is 2.73. The van der Waals surface area contributed by atoms with Gasteiger partial charge in [0.1, 0.15) is 6.33 Å². The summed E-state index contributed by atoms with van der Waals surface area (Å²) in [5, 5.41) is 14.4. The van der Waals surface area contributed by atoms with Crippen molar-refractivity contribution >= 4 is 17.8 Å². The summed E-state index contributed by atoms with van der Waals surface area (Å²) in [5.41, 5.74) is 0. The highest BCUT2D eigenvalue weighted by Gasteiger charge is 2.26. The van der Waals surface area contributed by atoms with Crippen molar-refractivity contribution in [2.45, 2.75) is 63.9 Å². The molecule has 2 amide bonds. The summed E-state index contributed by atoms with van der Waals surface area (Å²) in [7, 11) is 0. The van der Waals surface area contributed by atoms with Gasteiger partial charge in [-0.3, -0.25) is 0 Å². The maximum Gasteiger partial charge on any atom is 0.315 e. The normalized spacial score (nSPS) is 22.0. The number of urea groups is 1. The van der Waals surface area contributed by atoms with Crippen LogP contribution < -0.4 is 10.6 Å². The fraction of sp³-hybridized carbons (Fsp3) is 0.786. The first-order chi connectivity index (χ1) is 10.2. The van der Waals surface area contributed by atoms with Crippen LogP contribution in [0.3, 0.4) is 0 Å². The van der Waals surface area contributed by atoms with Crippen LogP contribution in [0.25, 0.3) is 0 Å². The first kappa shape index (κ1) is 16.1. The predicted octanol–water partition coefficient (Wildman–Crippen LogP) is 2.16. The van der Waals surface area contributed by atoms with Gasteiger partial charge in [0.15, 0.2) is 5.82 Å². The van der Waals surface area contributed by atoms with Crippen LogP contribution in [0.4, 0.5) is 4.79 Å². The summed E-state index contributed by atoms with van der Waals surface area (Å²) in [5.74, 6) is 1.89. The summed E-state index contributed by atoms with van der Waals surface area (Å²) in [6.07, 6.45) is 6.45. The van der Waals surface area contributed by atoms with E-state index in [0.29, 0.717) is 11.8 Å². The summed E-state index contributed by atoms with van der Waals surface area (Å²) in [6, 6.07) is 0.182. The Balaban J connectivity index is 1.80. The second-order valence-corrected chi connectivity index (χ2v) is 6.76. The molecule has 118 valence electrons. The van der Waals surface area contributed by atoms with Crippen molar-refractivity contribution in [2.24, 2.45) is 0 Å². The van der Waals surface area contributed by atoms with Crippen molar-refractivity contribution in [3.63, 3.8) is 0 Å². The summed E-state index contributed by atoms with van der Waals surface area (Å²) in [4.78, 5) is 12.1. The average Bonchev–Trinajstić information content (AvgIpc) is 2.95. The van der Waals surface area contributed by atoms with Crippen LogP contribution in [-0.4, -0.2) is 37.8 Å². The van der Waals surface area contributed by atoms with Gasteiger partial charge in [0.05, 0.1) is 6.54 Å². The molecule has 2 N–H and O–H groups in total. The molecule has 1 aliphatic carbocycles. The fourth-order valence-corrected chi connectivity index (χ4v) is 3.93. The minimum Gasteiger partial charge on any atom is -0.334 e. The first-order valence-corrected chi connectivity index (χ1v) is 8.82. The van der Waals surface area contributed by atoms with Gasteiger partial charge in [0, 0.05) is 17.8 Å². The standard InChI is InChI=1S/C14H25N5OS/c1-3-19-10-16-18-13(19)9-15-14(20)17-11-7-5-6-8-12(11)21-4-2/h10-12H,3-9H2,1-2H3,(H2,15,17,20)/t11-,12-/m1/s1. The quantitative estimate of drug-likeness (QED) is 0.844. The van der Waals surface area contributed by atoms with Crippen molar-refractivity contribution in [2.75, 3.05) is 5.75 Å². The number of carbonyl (C=O) groups is 1. The zero-order chi connectivity index (χ0) is 15.1. The molecule has 1 fully saturated rings. The van der Waals surface area contributed by atoms with Gasteiger partial charge < -0.3 is 15.2 Å². The minimum atomic E-state index is -0.103. The van der Waals surface area contributed by atoms with E-state index in [0.717, 1.165) is 24.5 Å². The van der Waals surface area contributed by atoms with E-state index in [1.54, 1.807) is 6.33 Å². The number of aromatic nitrogens is 3. The smallest absolute Gasteiger partial charge is 0.315 e. The lowest BCUT2D eigenvalue weighted by atomic mass is 9.95. The van der Waals surface area contributed by atoms with E-state index in [4.69, 9.17) is 0 Å². The Morgan fingerprint density at radius 1 is 1.43 bits per heavy atom. The van der Waals surface area contributed by atoms with Crippen LogP contribution in [0, 0.1) is 0 Å². The molecule has 0 spiro atoms. The Labute approximate surface area is 130 Å². The lowest BCUT2D eigenvalue weighted by molar-refractivity contribution is 0.232. The van der Waals surface area contributed by atoms with E-state index in [9.17, 15) is 4.79 Å². The highest BCUT2D eigenvalue weighted by atomic mass is 32.2. The Hall–Kier alpha value is -1.24. The summed E-state index contributed by atoms with van der Waals surface area (Å²) in [6.45, 7) is 5.43. The van der Waals surface area contributed by atoms with E-state index in [1.807, 2.05) is 23.3 Å². The molecular formula is C14H25N5OS. The molecule has 7 heteroatoms. The van der Waals surface area contributed by atoms with Gasteiger partial charge in [-0.05, 0) is 25.5 Å². The van der Waals surface area contributed by atoms with E-state index >= 15 is 0 Å². The van der Waals surface area contributed by atoms with Crippen molar-refractivity contribution < 1.29 is 4.79 Å². The van der Waals surface area contributed by atoms with Crippen LogP contribution >= 0.6 is 11.8 Å². The third kappa shape index (κ3) is 4.62. The lowest BCUT2D eigenvalue weighted by Crippen LogP contribution is -2.48. The topological polar surface area (TPSA) is 71.8 Å². The van der Waals surface area contributed by atoms with E-state index in [1.165, 1.54) is 19.3 Å². The molecule has 0 unspecified atom stereocenters. The van der Waals surface area contributed by atoms with Gasteiger partial charge >= 0.3 is 6.03 Å². The molecule has 1 saturated carbocycles. The molecule has 1 aromatic rings. The van der Waals surface area contributed by atoms with Crippen molar-refractivity contribution in [3.05, 3.63) is 12.2 Å². The number of carbonyl (C=O) groups excluding carboxylic acids is 1. The number of aryl methyl sites for hydroxylation is 1. The highest BCUT2D eigenvalue weighted by Crippen LogP contribution is 2.28. The molecule has 1 aliphatic rings. The Kier molecular flexibility index (Phi) is 6.35. The first-order valence-electron chi connectivity index (χ1n) is 7.77. The molecule has 0 aliphatic heterocycles. The van der Waals surface area contributed by atoms with E-state index in [2.05, 4.69) is 27.8 Å². The molecule has 21 heavy (non-hydrogen) atoms. The third-order valence-electron chi connectivity index (χ3n) is 3.84. The van der Waals surface area contributed by atoms with Crippen LogP contribution in [0.15, 0.2) is 6.33 Å².